The van der Waals surface area contributed by atoms with E-state index in [0.29, 0.717) is 39.3 Å². The number of benzene rings is 2. The van der Waals surface area contributed by atoms with Crippen molar-refractivity contribution in [2.24, 2.45) is 5.73 Å². The average Bonchev–Trinajstić information content (AvgIpc) is 2.83. The van der Waals surface area contributed by atoms with Gasteiger partial charge in [-0.3, -0.25) is 9.69 Å². The van der Waals surface area contributed by atoms with Crippen LogP contribution in [0.4, 0.5) is 13.2 Å². The van der Waals surface area contributed by atoms with Crippen LogP contribution in [0.15, 0.2) is 36.4 Å². The Morgan fingerprint density at radius 3 is 2.24 bits per heavy atom. The van der Waals surface area contributed by atoms with Gasteiger partial charge in [0.1, 0.15) is 5.75 Å². The first-order valence-corrected chi connectivity index (χ1v) is 11.8. The maximum Gasteiger partial charge on any atom is 0.416 e. The molecule has 0 radical (unpaired) electrons. The topological polar surface area (TPSA) is 58.8 Å². The van der Waals surface area contributed by atoms with E-state index in [1.54, 1.807) is 4.90 Å². The number of rotatable bonds is 8. The highest BCUT2D eigenvalue weighted by molar-refractivity contribution is 5.94. The van der Waals surface area contributed by atoms with Crippen LogP contribution in [0.3, 0.4) is 0 Å². The van der Waals surface area contributed by atoms with E-state index in [2.05, 4.69) is 31.7 Å². The predicted molar refractivity (Wildman–Crippen MR) is 127 cm³/mol. The zero-order valence-electron chi connectivity index (χ0n) is 20.1. The van der Waals surface area contributed by atoms with Gasteiger partial charge in [0.15, 0.2) is 0 Å². The minimum absolute atomic E-state index is 0.174. The van der Waals surface area contributed by atoms with Gasteiger partial charge in [-0.1, -0.05) is 6.07 Å². The van der Waals surface area contributed by atoms with E-state index in [0.717, 1.165) is 36.3 Å². The Hall–Kier alpha value is -2.58. The zero-order chi connectivity index (χ0) is 24.9. The van der Waals surface area contributed by atoms with Crippen molar-refractivity contribution in [2.75, 3.05) is 39.3 Å². The van der Waals surface area contributed by atoms with Crippen molar-refractivity contribution in [1.82, 2.24) is 9.80 Å². The molecule has 186 valence electrons. The second-order valence-electron chi connectivity index (χ2n) is 8.83. The molecular weight excluding hydrogens is 443 g/mol. The molecule has 0 aliphatic carbocycles. The lowest BCUT2D eigenvalue weighted by atomic mass is 9.96. The molecule has 5 nitrogen and oxygen atoms in total. The number of hydrogen-bond acceptors (Lipinski definition) is 4. The highest BCUT2D eigenvalue weighted by atomic mass is 19.4. The Morgan fingerprint density at radius 2 is 1.65 bits per heavy atom. The Balaban J connectivity index is 1.59. The second kappa shape index (κ2) is 11.2. The van der Waals surface area contributed by atoms with E-state index in [1.165, 1.54) is 23.3 Å². The molecule has 2 N–H and O–H groups in total. The van der Waals surface area contributed by atoms with E-state index in [4.69, 9.17) is 10.5 Å². The molecule has 0 saturated carbocycles. The van der Waals surface area contributed by atoms with Crippen molar-refractivity contribution in [3.05, 3.63) is 64.2 Å². The van der Waals surface area contributed by atoms with Gasteiger partial charge in [-0.05, 0) is 87.2 Å². The summed E-state index contributed by atoms with van der Waals surface area (Å²) in [5, 5.41) is 0. The van der Waals surface area contributed by atoms with Crippen molar-refractivity contribution in [3.63, 3.8) is 0 Å². The summed E-state index contributed by atoms with van der Waals surface area (Å²) in [6, 6.07) is 8.75. The van der Waals surface area contributed by atoms with Gasteiger partial charge in [0.25, 0.3) is 5.91 Å². The van der Waals surface area contributed by atoms with Crippen molar-refractivity contribution >= 4 is 5.91 Å². The standard InChI is InChI=1S/C26H34F3N3O2/c1-18-19(2)24(34-17-5-4-12-30)11-10-23(18)20(3)31-13-15-32(16-14-31)25(33)21-6-8-22(9-7-21)26(27,28)29/h6-11,20H,4-5,12-17,30H2,1-3H3/t20-/m1/s1. The van der Waals surface area contributed by atoms with Crippen LogP contribution >= 0.6 is 0 Å². The second-order valence-corrected chi connectivity index (χ2v) is 8.83. The van der Waals surface area contributed by atoms with E-state index < -0.39 is 11.7 Å². The monoisotopic (exact) mass is 477 g/mol. The molecule has 1 saturated heterocycles. The van der Waals surface area contributed by atoms with Crippen LogP contribution in [0, 0.1) is 13.8 Å². The fourth-order valence-corrected chi connectivity index (χ4v) is 4.35. The molecule has 1 fully saturated rings. The normalized spacial score (nSPS) is 15.9. The molecule has 0 spiro atoms. The smallest absolute Gasteiger partial charge is 0.416 e. The van der Waals surface area contributed by atoms with Gasteiger partial charge in [-0.25, -0.2) is 0 Å². The summed E-state index contributed by atoms with van der Waals surface area (Å²) < 4.78 is 44.3. The SMILES string of the molecule is Cc1c(OCCCCN)ccc([C@@H](C)N2CCN(C(=O)c3ccc(C(F)(F)F)cc3)CC2)c1C. The highest BCUT2D eigenvalue weighted by Gasteiger charge is 2.31. The molecule has 34 heavy (non-hydrogen) atoms. The van der Waals surface area contributed by atoms with Crippen LogP contribution in [0.5, 0.6) is 5.75 Å². The number of carbonyl (C=O) groups excluding carboxylic acids is 1. The molecule has 2 aromatic carbocycles. The maximum atomic E-state index is 12.8. The first-order chi connectivity index (χ1) is 16.1. The lowest BCUT2D eigenvalue weighted by molar-refractivity contribution is -0.137. The number of hydrogen-bond donors (Lipinski definition) is 1. The molecule has 1 aliphatic rings. The fraction of sp³-hybridized carbons (Fsp3) is 0.500. The van der Waals surface area contributed by atoms with Crippen LogP contribution in [0.2, 0.25) is 0 Å². The molecule has 0 unspecified atom stereocenters. The summed E-state index contributed by atoms with van der Waals surface area (Å²) in [6.07, 6.45) is -2.53. The summed E-state index contributed by atoms with van der Waals surface area (Å²) in [6.45, 7) is 10.1. The number of carbonyl (C=O) groups is 1. The van der Waals surface area contributed by atoms with Crippen LogP contribution < -0.4 is 10.5 Å². The van der Waals surface area contributed by atoms with Gasteiger partial charge in [-0.15, -0.1) is 0 Å². The molecule has 1 amide bonds. The molecule has 8 heteroatoms. The van der Waals surface area contributed by atoms with E-state index in [-0.39, 0.29) is 17.5 Å². The van der Waals surface area contributed by atoms with E-state index in [1.807, 2.05) is 6.07 Å². The lowest BCUT2D eigenvalue weighted by Crippen LogP contribution is -2.49. The quantitative estimate of drug-likeness (QED) is 0.546. The number of ether oxygens (including phenoxy) is 1. The highest BCUT2D eigenvalue weighted by Crippen LogP contribution is 2.32. The van der Waals surface area contributed by atoms with E-state index in [9.17, 15) is 18.0 Å². The first-order valence-electron chi connectivity index (χ1n) is 11.8. The van der Waals surface area contributed by atoms with Gasteiger partial charge in [0.05, 0.1) is 12.2 Å². The Kier molecular flexibility index (Phi) is 8.60. The van der Waals surface area contributed by atoms with Crippen molar-refractivity contribution in [2.45, 2.75) is 45.8 Å². The minimum Gasteiger partial charge on any atom is -0.493 e. The van der Waals surface area contributed by atoms with Gasteiger partial charge >= 0.3 is 6.18 Å². The summed E-state index contributed by atoms with van der Waals surface area (Å²) in [4.78, 5) is 16.8. The fourth-order valence-electron chi connectivity index (χ4n) is 4.35. The molecule has 3 rings (SSSR count). The molecule has 1 heterocycles. The predicted octanol–water partition coefficient (Wildman–Crippen LogP) is 4.96. The molecule has 0 bridgehead atoms. The Bertz CT molecular complexity index is 968. The number of piperazine rings is 1. The van der Waals surface area contributed by atoms with Gasteiger partial charge in [-0.2, -0.15) is 13.2 Å². The van der Waals surface area contributed by atoms with Crippen molar-refractivity contribution < 1.29 is 22.7 Å². The van der Waals surface area contributed by atoms with Crippen LogP contribution in [0.25, 0.3) is 0 Å². The summed E-state index contributed by atoms with van der Waals surface area (Å²) in [5.41, 5.74) is 8.64. The maximum absolute atomic E-state index is 12.8. The summed E-state index contributed by atoms with van der Waals surface area (Å²) in [5.74, 6) is 0.668. The number of nitrogens with two attached hydrogens (primary N) is 1. The third-order valence-corrected chi connectivity index (χ3v) is 6.69. The largest absolute Gasteiger partial charge is 0.493 e. The molecular formula is C26H34F3N3O2. The third-order valence-electron chi connectivity index (χ3n) is 6.69. The van der Waals surface area contributed by atoms with Crippen molar-refractivity contribution in [3.8, 4) is 5.75 Å². The van der Waals surface area contributed by atoms with E-state index >= 15 is 0 Å². The van der Waals surface area contributed by atoms with Gasteiger partial charge < -0.3 is 15.4 Å². The van der Waals surface area contributed by atoms with Gasteiger partial charge in [0.2, 0.25) is 0 Å². The number of nitrogens with zero attached hydrogens (tertiary/aromatic N) is 2. The number of amides is 1. The molecule has 2 aromatic rings. The first kappa shape index (κ1) is 26.0. The number of halogens is 3. The van der Waals surface area contributed by atoms with Gasteiger partial charge in [0, 0.05) is 37.8 Å². The zero-order valence-corrected chi connectivity index (χ0v) is 20.1. The molecule has 1 aliphatic heterocycles. The Morgan fingerprint density at radius 1 is 1.00 bits per heavy atom. The Labute approximate surface area is 199 Å². The average molecular weight is 478 g/mol. The molecule has 0 aromatic heterocycles. The molecule has 1 atom stereocenters. The lowest BCUT2D eigenvalue weighted by Gasteiger charge is -2.39. The van der Waals surface area contributed by atoms with Crippen LogP contribution in [-0.2, 0) is 6.18 Å². The third kappa shape index (κ3) is 6.10. The minimum atomic E-state index is -4.41. The number of unbranched alkanes of at least 4 members (excludes halogenated alkanes) is 1. The van der Waals surface area contributed by atoms with Crippen molar-refractivity contribution in [1.29, 1.82) is 0 Å². The van der Waals surface area contributed by atoms with Crippen LogP contribution in [0.1, 0.15) is 58.4 Å². The van der Waals surface area contributed by atoms with Crippen LogP contribution in [-0.4, -0.2) is 55.0 Å². The number of alkyl halides is 3. The summed E-state index contributed by atoms with van der Waals surface area (Å²) >= 11 is 0. The summed E-state index contributed by atoms with van der Waals surface area (Å²) in [7, 11) is 0.